The summed E-state index contributed by atoms with van der Waals surface area (Å²) < 4.78 is 0. The number of hydrogen-bond donors (Lipinski definition) is 0. The summed E-state index contributed by atoms with van der Waals surface area (Å²) in [4.78, 5) is 6.59. The van der Waals surface area contributed by atoms with Gasteiger partial charge in [-0.2, -0.15) is 0 Å². The fraction of sp³-hybridized carbons (Fsp3) is 0.857. The molecule has 0 aromatic carbocycles. The van der Waals surface area contributed by atoms with Crippen LogP contribution in [-0.2, 0) is 0 Å². The highest BCUT2D eigenvalue weighted by atomic mass is 15.2. The van der Waals surface area contributed by atoms with Crippen molar-refractivity contribution in [3.63, 3.8) is 0 Å². The lowest BCUT2D eigenvalue weighted by Crippen LogP contribution is -2.38. The molecule has 2 aliphatic heterocycles. The molecule has 9 heavy (non-hydrogen) atoms. The maximum Gasteiger partial charge on any atom is 0.0850 e. The Morgan fingerprint density at radius 2 is 2.56 bits per heavy atom. The van der Waals surface area contributed by atoms with E-state index in [1.165, 1.54) is 25.9 Å². The first-order chi connectivity index (χ1) is 4.45. The van der Waals surface area contributed by atoms with E-state index in [1.807, 2.05) is 6.34 Å². The van der Waals surface area contributed by atoms with Gasteiger partial charge in [-0.1, -0.05) is 0 Å². The number of nitrogens with zero attached hydrogens (tertiary/aromatic N) is 2. The highest BCUT2D eigenvalue weighted by Crippen LogP contribution is 2.17. The lowest BCUT2D eigenvalue weighted by Gasteiger charge is -2.33. The van der Waals surface area contributed by atoms with Gasteiger partial charge in [-0.05, 0) is 18.8 Å². The van der Waals surface area contributed by atoms with Crippen molar-refractivity contribution in [3.8, 4) is 0 Å². The van der Waals surface area contributed by atoms with Gasteiger partial charge >= 0.3 is 0 Å². The average Bonchev–Trinajstić information content (AvgIpc) is 1.88. The number of piperidine rings is 1. The third kappa shape index (κ3) is 0.934. The minimum atomic E-state index is 0.878. The van der Waals surface area contributed by atoms with Crippen molar-refractivity contribution in [3.05, 3.63) is 0 Å². The van der Waals surface area contributed by atoms with Crippen molar-refractivity contribution >= 4 is 6.34 Å². The predicted molar refractivity (Wildman–Crippen MR) is 37.7 cm³/mol. The minimum absolute atomic E-state index is 0.878. The molecule has 2 heterocycles. The molecule has 0 spiro atoms. The van der Waals surface area contributed by atoms with Gasteiger partial charge in [-0.3, -0.25) is 4.99 Å². The monoisotopic (exact) mass is 124 g/mol. The lowest BCUT2D eigenvalue weighted by atomic mass is 9.98. The number of hydrogen-bond acceptors (Lipinski definition) is 2. The summed E-state index contributed by atoms with van der Waals surface area (Å²) in [6.45, 7) is 3.58. The van der Waals surface area contributed by atoms with Crippen LogP contribution in [0.5, 0.6) is 0 Å². The summed E-state index contributed by atoms with van der Waals surface area (Å²) in [6.07, 6.45) is 4.78. The van der Waals surface area contributed by atoms with Gasteiger partial charge in [0.05, 0.1) is 6.34 Å². The van der Waals surface area contributed by atoms with E-state index in [2.05, 4.69) is 9.89 Å². The molecule has 0 amide bonds. The summed E-state index contributed by atoms with van der Waals surface area (Å²) in [5.74, 6) is 0.878. The zero-order valence-electron chi connectivity index (χ0n) is 5.58. The van der Waals surface area contributed by atoms with Gasteiger partial charge in [-0.15, -0.1) is 0 Å². The molecule has 1 fully saturated rings. The molecule has 1 unspecified atom stereocenters. The second kappa shape index (κ2) is 2.01. The van der Waals surface area contributed by atoms with Crippen LogP contribution in [0.25, 0.3) is 0 Å². The van der Waals surface area contributed by atoms with Crippen molar-refractivity contribution in [1.82, 2.24) is 4.90 Å². The zero-order valence-corrected chi connectivity index (χ0v) is 5.58. The molecular weight excluding hydrogens is 112 g/mol. The third-order valence-corrected chi connectivity index (χ3v) is 2.16. The summed E-state index contributed by atoms with van der Waals surface area (Å²) in [6, 6.07) is 0. The van der Waals surface area contributed by atoms with Crippen molar-refractivity contribution in [1.29, 1.82) is 0 Å². The summed E-state index contributed by atoms with van der Waals surface area (Å²) >= 11 is 0. The molecule has 2 heteroatoms. The smallest absolute Gasteiger partial charge is 0.0850 e. The standard InChI is InChI=1S/C7H12N2/c1-2-7-4-8-6-9(3-1)5-7/h6-7H,1-5H2. The predicted octanol–water partition coefficient (Wildman–Crippen LogP) is 0.740. The molecular formula is C7H12N2. The van der Waals surface area contributed by atoms with Crippen LogP contribution in [0, 0.1) is 5.92 Å². The Morgan fingerprint density at radius 1 is 1.56 bits per heavy atom. The Bertz CT molecular complexity index is 131. The van der Waals surface area contributed by atoms with E-state index in [4.69, 9.17) is 0 Å². The Hall–Kier alpha value is -0.530. The van der Waals surface area contributed by atoms with Crippen LogP contribution in [0.4, 0.5) is 0 Å². The highest BCUT2D eigenvalue weighted by Gasteiger charge is 2.19. The van der Waals surface area contributed by atoms with Crippen LogP contribution in [0.15, 0.2) is 4.99 Å². The quantitative estimate of drug-likeness (QED) is 0.465. The molecule has 0 N–H and O–H groups in total. The van der Waals surface area contributed by atoms with E-state index in [0.717, 1.165) is 12.5 Å². The Kier molecular flexibility index (Phi) is 1.18. The molecule has 0 saturated carbocycles. The number of fused-ring (bicyclic) bond motifs is 2. The summed E-state index contributed by atoms with van der Waals surface area (Å²) in [5, 5.41) is 0. The van der Waals surface area contributed by atoms with E-state index in [9.17, 15) is 0 Å². The van der Waals surface area contributed by atoms with Gasteiger partial charge in [0, 0.05) is 19.6 Å². The van der Waals surface area contributed by atoms with Crippen molar-refractivity contribution < 1.29 is 0 Å². The molecule has 2 aliphatic rings. The van der Waals surface area contributed by atoms with E-state index < -0.39 is 0 Å². The fourth-order valence-corrected chi connectivity index (χ4v) is 1.66. The van der Waals surface area contributed by atoms with E-state index in [1.54, 1.807) is 0 Å². The second-order valence-electron chi connectivity index (χ2n) is 2.98. The molecule has 1 saturated heterocycles. The zero-order chi connectivity index (χ0) is 6.10. The van der Waals surface area contributed by atoms with E-state index in [-0.39, 0.29) is 0 Å². The van der Waals surface area contributed by atoms with Gasteiger partial charge in [0.1, 0.15) is 0 Å². The van der Waals surface area contributed by atoms with Crippen molar-refractivity contribution in [2.45, 2.75) is 12.8 Å². The maximum atomic E-state index is 4.26. The Morgan fingerprint density at radius 3 is 3.33 bits per heavy atom. The van der Waals surface area contributed by atoms with Crippen LogP contribution >= 0.6 is 0 Å². The maximum absolute atomic E-state index is 4.26. The van der Waals surface area contributed by atoms with Crippen molar-refractivity contribution in [2.24, 2.45) is 10.9 Å². The fourth-order valence-electron chi connectivity index (χ4n) is 1.66. The third-order valence-electron chi connectivity index (χ3n) is 2.16. The van der Waals surface area contributed by atoms with Gasteiger partial charge in [-0.25, -0.2) is 0 Å². The van der Waals surface area contributed by atoms with Crippen LogP contribution in [0.3, 0.4) is 0 Å². The first kappa shape index (κ1) is 5.27. The molecule has 50 valence electrons. The molecule has 2 nitrogen and oxygen atoms in total. The van der Waals surface area contributed by atoms with Crippen LogP contribution in [0.1, 0.15) is 12.8 Å². The summed E-state index contributed by atoms with van der Waals surface area (Å²) in [5.41, 5.74) is 0. The van der Waals surface area contributed by atoms with Crippen LogP contribution < -0.4 is 0 Å². The molecule has 0 aliphatic carbocycles. The SMILES string of the molecule is C1=NCC2CCCN1C2. The Labute approximate surface area is 55.6 Å². The molecule has 0 aromatic rings. The number of aliphatic imine (C=N–C) groups is 1. The molecule has 2 rings (SSSR count). The van der Waals surface area contributed by atoms with Crippen LogP contribution in [0.2, 0.25) is 0 Å². The van der Waals surface area contributed by atoms with Crippen molar-refractivity contribution in [2.75, 3.05) is 19.6 Å². The molecule has 1 atom stereocenters. The first-order valence-corrected chi connectivity index (χ1v) is 3.69. The van der Waals surface area contributed by atoms with Gasteiger partial charge in [0.2, 0.25) is 0 Å². The van der Waals surface area contributed by atoms with E-state index in [0.29, 0.717) is 0 Å². The largest absolute Gasteiger partial charge is 0.363 e. The lowest BCUT2D eigenvalue weighted by molar-refractivity contribution is 0.253. The van der Waals surface area contributed by atoms with Crippen LogP contribution in [-0.4, -0.2) is 30.9 Å². The Balaban J connectivity index is 2.09. The minimum Gasteiger partial charge on any atom is -0.363 e. The molecule has 0 radical (unpaired) electrons. The molecule has 0 aromatic heterocycles. The van der Waals surface area contributed by atoms with Gasteiger partial charge in [0.15, 0.2) is 0 Å². The summed E-state index contributed by atoms with van der Waals surface area (Å²) in [7, 11) is 0. The van der Waals surface area contributed by atoms with Gasteiger partial charge in [0.25, 0.3) is 0 Å². The van der Waals surface area contributed by atoms with E-state index >= 15 is 0 Å². The topological polar surface area (TPSA) is 15.6 Å². The molecule has 2 bridgehead atoms. The van der Waals surface area contributed by atoms with Gasteiger partial charge < -0.3 is 4.90 Å². The average molecular weight is 124 g/mol. The second-order valence-corrected chi connectivity index (χ2v) is 2.98. The number of rotatable bonds is 0. The normalized spacial score (nSPS) is 32.9. The highest BCUT2D eigenvalue weighted by molar-refractivity contribution is 5.56. The first-order valence-electron chi connectivity index (χ1n) is 3.69.